The van der Waals surface area contributed by atoms with Crippen LogP contribution in [0.2, 0.25) is 0 Å². The largest absolute Gasteiger partial charge is 0.465 e. The number of fused-ring (bicyclic) bond motifs is 1. The molecule has 0 aliphatic heterocycles. The predicted octanol–water partition coefficient (Wildman–Crippen LogP) is 4.92. The maximum absolute atomic E-state index is 11.6. The highest BCUT2D eigenvalue weighted by molar-refractivity contribution is 5.95. The normalized spacial score (nSPS) is 11.7. The molecule has 3 nitrogen and oxygen atoms in total. The van der Waals surface area contributed by atoms with E-state index in [4.69, 9.17) is 4.74 Å². The summed E-state index contributed by atoms with van der Waals surface area (Å²) >= 11 is 0. The molecular weight excluding hydrogens is 286 g/mol. The molecule has 0 amide bonds. The van der Waals surface area contributed by atoms with Crippen LogP contribution in [0.25, 0.3) is 22.2 Å². The first kappa shape index (κ1) is 15.3. The average molecular weight is 307 g/mol. The lowest BCUT2D eigenvalue weighted by Gasteiger charge is -2.19. The van der Waals surface area contributed by atoms with Gasteiger partial charge in [0.2, 0.25) is 0 Å². The summed E-state index contributed by atoms with van der Waals surface area (Å²) in [4.78, 5) is 15.0. The number of ether oxygens (including phenoxy) is 1. The number of methoxy groups -OCH3 is 1. The number of benzene rings is 2. The molecule has 1 aromatic heterocycles. The molecule has 0 bridgehead atoms. The second-order valence-electron chi connectivity index (χ2n) is 6.80. The SMILES string of the molecule is COC(=O)c1ccc2cc(-c3ccc(C(C)(C)C)cc3)[nH]c2c1. The van der Waals surface area contributed by atoms with E-state index in [2.05, 4.69) is 56.1 Å². The third-order valence-electron chi connectivity index (χ3n) is 4.11. The zero-order chi connectivity index (χ0) is 16.6. The molecule has 0 saturated heterocycles. The minimum absolute atomic E-state index is 0.147. The lowest BCUT2D eigenvalue weighted by molar-refractivity contribution is 0.0601. The van der Waals surface area contributed by atoms with Gasteiger partial charge in [-0.2, -0.15) is 0 Å². The fraction of sp³-hybridized carbons (Fsp3) is 0.250. The molecule has 3 heteroatoms. The Bertz CT molecular complexity index is 851. The number of H-pyrrole nitrogens is 1. The summed E-state index contributed by atoms with van der Waals surface area (Å²) < 4.78 is 4.77. The Labute approximate surface area is 136 Å². The summed E-state index contributed by atoms with van der Waals surface area (Å²) in [5.41, 5.74) is 5.12. The van der Waals surface area contributed by atoms with Crippen molar-refractivity contribution in [1.82, 2.24) is 4.98 Å². The van der Waals surface area contributed by atoms with Crippen LogP contribution in [0.15, 0.2) is 48.5 Å². The van der Waals surface area contributed by atoms with Gasteiger partial charge in [-0.25, -0.2) is 4.79 Å². The summed E-state index contributed by atoms with van der Waals surface area (Å²) in [6, 6.07) is 16.2. The van der Waals surface area contributed by atoms with E-state index in [9.17, 15) is 4.79 Å². The number of aromatic nitrogens is 1. The molecule has 0 saturated carbocycles. The highest BCUT2D eigenvalue weighted by Gasteiger charge is 2.14. The summed E-state index contributed by atoms with van der Waals surface area (Å²) in [6.45, 7) is 6.62. The van der Waals surface area contributed by atoms with Gasteiger partial charge in [-0.15, -0.1) is 0 Å². The highest BCUT2D eigenvalue weighted by Crippen LogP contribution is 2.28. The zero-order valence-electron chi connectivity index (χ0n) is 13.9. The predicted molar refractivity (Wildman–Crippen MR) is 93.8 cm³/mol. The minimum Gasteiger partial charge on any atom is -0.465 e. The smallest absolute Gasteiger partial charge is 0.337 e. The molecule has 0 unspecified atom stereocenters. The van der Waals surface area contributed by atoms with Crippen LogP contribution < -0.4 is 0 Å². The van der Waals surface area contributed by atoms with Crippen LogP contribution in [0.1, 0.15) is 36.7 Å². The van der Waals surface area contributed by atoms with Crippen LogP contribution >= 0.6 is 0 Å². The molecule has 0 aliphatic rings. The van der Waals surface area contributed by atoms with E-state index in [-0.39, 0.29) is 11.4 Å². The van der Waals surface area contributed by atoms with Crippen LogP contribution in [0.3, 0.4) is 0 Å². The van der Waals surface area contributed by atoms with Gasteiger partial charge in [0.15, 0.2) is 0 Å². The van der Waals surface area contributed by atoms with Gasteiger partial charge in [0.25, 0.3) is 0 Å². The zero-order valence-corrected chi connectivity index (χ0v) is 13.9. The number of carbonyl (C=O) groups excluding carboxylic acids is 1. The van der Waals surface area contributed by atoms with Crippen molar-refractivity contribution in [2.24, 2.45) is 0 Å². The molecule has 2 aromatic carbocycles. The molecule has 0 spiro atoms. The Morgan fingerprint density at radius 2 is 1.70 bits per heavy atom. The van der Waals surface area contributed by atoms with E-state index < -0.39 is 0 Å². The maximum atomic E-state index is 11.6. The number of rotatable bonds is 2. The standard InChI is InChI=1S/C20H21NO2/c1-20(2,3)16-9-7-13(8-10-16)17-11-14-5-6-15(19(22)23-4)12-18(14)21-17/h5-12,21H,1-4H3. The Kier molecular flexibility index (Phi) is 3.72. The fourth-order valence-corrected chi connectivity index (χ4v) is 2.68. The number of esters is 1. The van der Waals surface area contributed by atoms with Crippen molar-refractivity contribution in [3.05, 3.63) is 59.7 Å². The average Bonchev–Trinajstić information content (AvgIpc) is 2.96. The quantitative estimate of drug-likeness (QED) is 0.683. The van der Waals surface area contributed by atoms with Crippen LogP contribution in [0.4, 0.5) is 0 Å². The number of hydrogen-bond donors (Lipinski definition) is 1. The van der Waals surface area contributed by atoms with Gasteiger partial charge in [0.1, 0.15) is 0 Å². The van der Waals surface area contributed by atoms with E-state index in [1.165, 1.54) is 12.7 Å². The third-order valence-corrected chi connectivity index (χ3v) is 4.11. The van der Waals surface area contributed by atoms with E-state index in [1.54, 1.807) is 6.07 Å². The molecule has 118 valence electrons. The van der Waals surface area contributed by atoms with Gasteiger partial charge in [-0.05, 0) is 34.7 Å². The van der Waals surface area contributed by atoms with Gasteiger partial charge in [-0.1, -0.05) is 51.1 Å². The van der Waals surface area contributed by atoms with Gasteiger partial charge in [-0.3, -0.25) is 0 Å². The third kappa shape index (κ3) is 3.00. The van der Waals surface area contributed by atoms with Gasteiger partial charge < -0.3 is 9.72 Å². The van der Waals surface area contributed by atoms with Gasteiger partial charge in [0, 0.05) is 16.6 Å². The second kappa shape index (κ2) is 5.58. The van der Waals surface area contributed by atoms with Gasteiger partial charge in [0.05, 0.1) is 12.7 Å². The molecule has 0 fully saturated rings. The second-order valence-corrected chi connectivity index (χ2v) is 6.80. The Hall–Kier alpha value is -2.55. The lowest BCUT2D eigenvalue weighted by Crippen LogP contribution is -2.10. The molecule has 0 aliphatic carbocycles. The number of nitrogens with one attached hydrogen (secondary N) is 1. The van der Waals surface area contributed by atoms with Crippen molar-refractivity contribution in [3.63, 3.8) is 0 Å². The Morgan fingerprint density at radius 1 is 1.00 bits per heavy atom. The molecule has 1 N–H and O–H groups in total. The van der Waals surface area contributed by atoms with Crippen LogP contribution in [0.5, 0.6) is 0 Å². The number of aromatic amines is 1. The summed E-state index contributed by atoms with van der Waals surface area (Å²) in [5.74, 6) is -0.322. The molecule has 0 atom stereocenters. The van der Waals surface area contributed by atoms with E-state index in [0.717, 1.165) is 22.2 Å². The first-order valence-corrected chi connectivity index (χ1v) is 7.70. The molecular formula is C20H21NO2. The van der Waals surface area contributed by atoms with Gasteiger partial charge >= 0.3 is 5.97 Å². The topological polar surface area (TPSA) is 42.1 Å². The molecule has 1 heterocycles. The minimum atomic E-state index is -0.322. The monoisotopic (exact) mass is 307 g/mol. The van der Waals surface area contributed by atoms with Crippen molar-refractivity contribution in [3.8, 4) is 11.3 Å². The first-order valence-electron chi connectivity index (χ1n) is 7.70. The van der Waals surface area contributed by atoms with Crippen molar-refractivity contribution in [2.75, 3.05) is 7.11 Å². The highest BCUT2D eigenvalue weighted by atomic mass is 16.5. The Balaban J connectivity index is 1.98. The van der Waals surface area contributed by atoms with Crippen molar-refractivity contribution in [1.29, 1.82) is 0 Å². The van der Waals surface area contributed by atoms with Crippen molar-refractivity contribution in [2.45, 2.75) is 26.2 Å². The fourth-order valence-electron chi connectivity index (χ4n) is 2.68. The number of hydrogen-bond acceptors (Lipinski definition) is 2. The molecule has 3 aromatic rings. The van der Waals surface area contributed by atoms with Crippen LogP contribution in [0, 0.1) is 0 Å². The van der Waals surface area contributed by atoms with Crippen LogP contribution in [-0.2, 0) is 10.2 Å². The summed E-state index contributed by atoms with van der Waals surface area (Å²) in [5, 5.41) is 1.08. The van der Waals surface area contributed by atoms with Crippen molar-refractivity contribution >= 4 is 16.9 Å². The summed E-state index contributed by atoms with van der Waals surface area (Å²) in [7, 11) is 1.39. The van der Waals surface area contributed by atoms with Crippen LogP contribution in [-0.4, -0.2) is 18.1 Å². The molecule has 23 heavy (non-hydrogen) atoms. The maximum Gasteiger partial charge on any atom is 0.337 e. The van der Waals surface area contributed by atoms with E-state index in [0.29, 0.717) is 5.56 Å². The van der Waals surface area contributed by atoms with E-state index in [1.807, 2.05) is 12.1 Å². The lowest BCUT2D eigenvalue weighted by atomic mass is 9.86. The first-order chi connectivity index (χ1) is 10.9. The number of carbonyl (C=O) groups is 1. The summed E-state index contributed by atoms with van der Waals surface area (Å²) in [6.07, 6.45) is 0. The van der Waals surface area contributed by atoms with Crippen molar-refractivity contribution < 1.29 is 9.53 Å². The molecule has 3 rings (SSSR count). The van der Waals surface area contributed by atoms with E-state index >= 15 is 0 Å². The molecule has 0 radical (unpaired) electrons. The Morgan fingerprint density at radius 3 is 2.30 bits per heavy atom.